The van der Waals surface area contributed by atoms with Gasteiger partial charge in [0.1, 0.15) is 0 Å². The van der Waals surface area contributed by atoms with Gasteiger partial charge in [-0.2, -0.15) is 0 Å². The molecule has 0 spiro atoms. The first-order valence-electron chi connectivity index (χ1n) is 8.36. The third kappa shape index (κ3) is 13.7. The normalized spacial score (nSPS) is 12.4. The van der Waals surface area contributed by atoms with Crippen molar-refractivity contribution in [2.24, 2.45) is 5.92 Å². The number of rotatable bonds is 13. The van der Waals surface area contributed by atoms with Crippen molar-refractivity contribution in [3.8, 4) is 0 Å². The van der Waals surface area contributed by atoms with Crippen molar-refractivity contribution in [2.75, 3.05) is 6.61 Å². The summed E-state index contributed by atoms with van der Waals surface area (Å²) in [4.78, 5) is 11.4. The maximum Gasteiger partial charge on any atom is 0.305 e. The third-order valence-electron chi connectivity index (χ3n) is 3.71. The van der Waals surface area contributed by atoms with Gasteiger partial charge in [0.15, 0.2) is 0 Å². The average molecular weight is 270 g/mol. The van der Waals surface area contributed by atoms with Crippen LogP contribution in [-0.2, 0) is 9.53 Å². The highest BCUT2D eigenvalue weighted by Gasteiger charge is 2.05. The Morgan fingerprint density at radius 3 is 1.95 bits per heavy atom. The van der Waals surface area contributed by atoms with Gasteiger partial charge in [-0.3, -0.25) is 4.79 Å². The summed E-state index contributed by atoms with van der Waals surface area (Å²) in [6, 6.07) is 0. The van der Waals surface area contributed by atoms with E-state index >= 15 is 0 Å². The van der Waals surface area contributed by atoms with E-state index in [1.807, 2.05) is 0 Å². The molecule has 0 fully saturated rings. The first-order valence-corrected chi connectivity index (χ1v) is 8.36. The Balaban J connectivity index is 3.18. The van der Waals surface area contributed by atoms with Crippen LogP contribution in [0.15, 0.2) is 0 Å². The molecule has 1 atom stereocenters. The summed E-state index contributed by atoms with van der Waals surface area (Å²) in [5, 5.41) is 0. The Kier molecular flexibility index (Phi) is 13.5. The maximum absolute atomic E-state index is 11.4. The van der Waals surface area contributed by atoms with Crippen LogP contribution in [-0.4, -0.2) is 12.6 Å². The molecule has 0 aromatic carbocycles. The minimum atomic E-state index is -0.0109. The van der Waals surface area contributed by atoms with Gasteiger partial charge in [-0.1, -0.05) is 78.6 Å². The number of ether oxygens (including phenoxy) is 1. The Morgan fingerprint density at radius 2 is 1.42 bits per heavy atom. The molecule has 0 aliphatic carbocycles. The Morgan fingerprint density at radius 1 is 0.895 bits per heavy atom. The molecule has 2 heteroatoms. The predicted molar refractivity (Wildman–Crippen MR) is 82.3 cm³/mol. The van der Waals surface area contributed by atoms with E-state index in [1.54, 1.807) is 0 Å². The van der Waals surface area contributed by atoms with Crippen LogP contribution in [0.4, 0.5) is 0 Å². The molecule has 0 aliphatic heterocycles. The summed E-state index contributed by atoms with van der Waals surface area (Å²) < 4.78 is 5.23. The molecule has 0 rings (SSSR count). The number of hydrogen-bond acceptors (Lipinski definition) is 2. The SMILES string of the molecule is CCCCCCCCCCCC(=O)OC[C@H](C)CC. The maximum atomic E-state index is 11.4. The smallest absolute Gasteiger partial charge is 0.305 e. The Labute approximate surface area is 120 Å². The fraction of sp³-hybridized carbons (Fsp3) is 0.941. The van der Waals surface area contributed by atoms with E-state index in [9.17, 15) is 4.79 Å². The zero-order chi connectivity index (χ0) is 14.3. The van der Waals surface area contributed by atoms with Gasteiger partial charge in [-0.25, -0.2) is 0 Å². The van der Waals surface area contributed by atoms with Crippen molar-refractivity contribution in [2.45, 2.75) is 91.4 Å². The first-order chi connectivity index (χ1) is 9.20. The molecule has 0 aromatic heterocycles. The van der Waals surface area contributed by atoms with Crippen LogP contribution in [0, 0.1) is 5.92 Å². The van der Waals surface area contributed by atoms with Gasteiger partial charge in [0.25, 0.3) is 0 Å². The van der Waals surface area contributed by atoms with E-state index in [0.717, 1.165) is 12.8 Å². The molecule has 0 N–H and O–H groups in total. The lowest BCUT2D eigenvalue weighted by molar-refractivity contribution is -0.145. The Bertz CT molecular complexity index is 201. The van der Waals surface area contributed by atoms with Crippen molar-refractivity contribution in [1.82, 2.24) is 0 Å². The zero-order valence-corrected chi connectivity index (χ0v) is 13.4. The predicted octanol–water partition coefficient (Wildman–Crippen LogP) is 5.50. The molecule has 0 amide bonds. The van der Waals surface area contributed by atoms with Crippen LogP contribution < -0.4 is 0 Å². The second kappa shape index (κ2) is 13.9. The molecule has 2 nitrogen and oxygen atoms in total. The number of unbranched alkanes of at least 4 members (excludes halogenated alkanes) is 8. The molecule has 0 saturated carbocycles. The molecule has 0 unspecified atom stereocenters. The summed E-state index contributed by atoms with van der Waals surface area (Å²) in [5.41, 5.74) is 0. The van der Waals surface area contributed by atoms with Gasteiger partial charge in [0.2, 0.25) is 0 Å². The number of carbonyl (C=O) groups excluding carboxylic acids is 1. The third-order valence-corrected chi connectivity index (χ3v) is 3.71. The fourth-order valence-corrected chi connectivity index (χ4v) is 2.01. The second-order valence-corrected chi connectivity index (χ2v) is 5.77. The molecule has 19 heavy (non-hydrogen) atoms. The van der Waals surface area contributed by atoms with E-state index < -0.39 is 0 Å². The summed E-state index contributed by atoms with van der Waals surface area (Å²) >= 11 is 0. The molecule has 0 aromatic rings. The van der Waals surface area contributed by atoms with Crippen LogP contribution in [0.3, 0.4) is 0 Å². The first kappa shape index (κ1) is 18.5. The lowest BCUT2D eigenvalue weighted by Gasteiger charge is -2.09. The standard InChI is InChI=1S/C17H34O2/c1-4-6-7-8-9-10-11-12-13-14-17(18)19-15-16(3)5-2/h16H,4-15H2,1-3H3/t16-/m1/s1. The molecule has 0 heterocycles. The molecule has 0 bridgehead atoms. The average Bonchev–Trinajstić information content (AvgIpc) is 2.42. The minimum Gasteiger partial charge on any atom is -0.465 e. The van der Waals surface area contributed by atoms with Crippen LogP contribution in [0.25, 0.3) is 0 Å². The van der Waals surface area contributed by atoms with Crippen molar-refractivity contribution in [3.05, 3.63) is 0 Å². The van der Waals surface area contributed by atoms with E-state index in [1.165, 1.54) is 51.4 Å². The van der Waals surface area contributed by atoms with Gasteiger partial charge >= 0.3 is 5.97 Å². The lowest BCUT2D eigenvalue weighted by atomic mass is 10.1. The number of hydrogen-bond donors (Lipinski definition) is 0. The van der Waals surface area contributed by atoms with Crippen LogP contribution in [0.2, 0.25) is 0 Å². The largest absolute Gasteiger partial charge is 0.465 e. The summed E-state index contributed by atoms with van der Waals surface area (Å²) in [6.45, 7) is 7.08. The van der Waals surface area contributed by atoms with Gasteiger partial charge in [0, 0.05) is 6.42 Å². The number of carbonyl (C=O) groups is 1. The van der Waals surface area contributed by atoms with Crippen molar-refractivity contribution < 1.29 is 9.53 Å². The van der Waals surface area contributed by atoms with Crippen molar-refractivity contribution >= 4 is 5.97 Å². The Hall–Kier alpha value is -0.530. The summed E-state index contributed by atoms with van der Waals surface area (Å²) in [7, 11) is 0. The second-order valence-electron chi connectivity index (χ2n) is 5.77. The molecular weight excluding hydrogens is 236 g/mol. The number of esters is 1. The quantitative estimate of drug-likeness (QED) is 0.326. The van der Waals surface area contributed by atoms with Crippen LogP contribution in [0.1, 0.15) is 91.4 Å². The fourth-order valence-electron chi connectivity index (χ4n) is 2.01. The van der Waals surface area contributed by atoms with Gasteiger partial charge < -0.3 is 4.74 Å². The molecule has 0 radical (unpaired) electrons. The highest BCUT2D eigenvalue weighted by molar-refractivity contribution is 5.69. The van der Waals surface area contributed by atoms with E-state index in [4.69, 9.17) is 4.74 Å². The molecular formula is C17H34O2. The zero-order valence-electron chi connectivity index (χ0n) is 13.4. The highest BCUT2D eigenvalue weighted by Crippen LogP contribution is 2.11. The summed E-state index contributed by atoms with van der Waals surface area (Å²) in [5.74, 6) is 0.482. The highest BCUT2D eigenvalue weighted by atomic mass is 16.5. The molecule has 114 valence electrons. The molecule has 0 aliphatic rings. The van der Waals surface area contributed by atoms with Gasteiger partial charge in [-0.05, 0) is 12.3 Å². The van der Waals surface area contributed by atoms with Gasteiger partial charge in [-0.15, -0.1) is 0 Å². The molecule has 0 saturated heterocycles. The van der Waals surface area contributed by atoms with Gasteiger partial charge in [0.05, 0.1) is 6.61 Å². The van der Waals surface area contributed by atoms with Crippen LogP contribution in [0.5, 0.6) is 0 Å². The topological polar surface area (TPSA) is 26.3 Å². The minimum absolute atomic E-state index is 0.0109. The van der Waals surface area contributed by atoms with Crippen molar-refractivity contribution in [1.29, 1.82) is 0 Å². The lowest BCUT2D eigenvalue weighted by Crippen LogP contribution is -2.11. The van der Waals surface area contributed by atoms with Crippen LogP contribution >= 0.6 is 0 Å². The van der Waals surface area contributed by atoms with E-state index in [0.29, 0.717) is 18.9 Å². The van der Waals surface area contributed by atoms with E-state index in [2.05, 4.69) is 20.8 Å². The van der Waals surface area contributed by atoms with E-state index in [-0.39, 0.29) is 5.97 Å². The summed E-state index contributed by atoms with van der Waals surface area (Å²) in [6.07, 6.45) is 13.3. The monoisotopic (exact) mass is 270 g/mol. The van der Waals surface area contributed by atoms with Crippen molar-refractivity contribution in [3.63, 3.8) is 0 Å².